The molecule has 0 saturated heterocycles. The fourth-order valence-corrected chi connectivity index (χ4v) is 3.10. The number of aliphatic hydroxyl groups excluding tert-OH is 1. The minimum absolute atomic E-state index is 0.282. The average molecular weight is 255 g/mol. The first-order valence-electron chi connectivity index (χ1n) is 7.04. The van der Waals surface area contributed by atoms with Crippen molar-refractivity contribution in [3.05, 3.63) is 52.3 Å². The first-order chi connectivity index (χ1) is 9.08. The second-order valence-corrected chi connectivity index (χ2v) is 5.70. The number of hydrogen-bond acceptors (Lipinski definition) is 1. The Balaban J connectivity index is 2.17. The normalized spacial score (nSPS) is 18.4. The van der Waals surface area contributed by atoms with Crippen molar-refractivity contribution in [2.45, 2.75) is 46.1 Å². The van der Waals surface area contributed by atoms with Gasteiger partial charge in [0.25, 0.3) is 0 Å². The topological polar surface area (TPSA) is 25.2 Å². The van der Waals surface area contributed by atoms with Crippen molar-refractivity contribution < 1.29 is 5.11 Å². The standard InChI is InChI=1S/C17H21NO/c1-11-7-8-14(9-12(11)2)18-13(3)10-15-16(18)5-4-6-17(15)19/h7-10,17,19H,4-6H2,1-3H3. The molecule has 1 unspecified atom stereocenters. The highest BCUT2D eigenvalue weighted by molar-refractivity contribution is 5.46. The lowest BCUT2D eigenvalue weighted by molar-refractivity contribution is 0.156. The molecule has 2 heteroatoms. The van der Waals surface area contributed by atoms with Crippen LogP contribution in [0.5, 0.6) is 0 Å². The summed E-state index contributed by atoms with van der Waals surface area (Å²) in [6.45, 7) is 6.42. The van der Waals surface area contributed by atoms with Gasteiger partial charge in [0, 0.05) is 22.6 Å². The van der Waals surface area contributed by atoms with E-state index in [9.17, 15) is 5.11 Å². The van der Waals surface area contributed by atoms with E-state index in [0.29, 0.717) is 0 Å². The molecule has 1 heterocycles. The van der Waals surface area contributed by atoms with E-state index in [-0.39, 0.29) is 6.10 Å². The van der Waals surface area contributed by atoms with E-state index in [2.05, 4.69) is 49.6 Å². The summed E-state index contributed by atoms with van der Waals surface area (Å²) in [7, 11) is 0. The maximum absolute atomic E-state index is 10.1. The van der Waals surface area contributed by atoms with Crippen LogP contribution in [-0.4, -0.2) is 9.67 Å². The minimum Gasteiger partial charge on any atom is -0.388 e. The van der Waals surface area contributed by atoms with Gasteiger partial charge in [-0.05, 0) is 69.4 Å². The number of benzene rings is 1. The molecule has 100 valence electrons. The summed E-state index contributed by atoms with van der Waals surface area (Å²) in [6.07, 6.45) is 2.74. The smallest absolute Gasteiger partial charge is 0.0807 e. The van der Waals surface area contributed by atoms with Gasteiger partial charge in [-0.2, -0.15) is 0 Å². The van der Waals surface area contributed by atoms with Crippen molar-refractivity contribution in [2.75, 3.05) is 0 Å². The van der Waals surface area contributed by atoms with Crippen LogP contribution in [-0.2, 0) is 6.42 Å². The highest BCUT2D eigenvalue weighted by Gasteiger charge is 2.23. The zero-order valence-electron chi connectivity index (χ0n) is 11.9. The van der Waals surface area contributed by atoms with Crippen LogP contribution in [0, 0.1) is 20.8 Å². The fraction of sp³-hybridized carbons (Fsp3) is 0.412. The van der Waals surface area contributed by atoms with E-state index in [1.165, 1.54) is 28.2 Å². The van der Waals surface area contributed by atoms with Gasteiger partial charge in [-0.3, -0.25) is 0 Å². The van der Waals surface area contributed by atoms with Gasteiger partial charge >= 0.3 is 0 Å². The summed E-state index contributed by atoms with van der Waals surface area (Å²) in [5, 5.41) is 10.1. The van der Waals surface area contributed by atoms with Gasteiger partial charge < -0.3 is 9.67 Å². The van der Waals surface area contributed by atoms with E-state index in [1.807, 2.05) is 0 Å². The van der Waals surface area contributed by atoms with E-state index in [0.717, 1.165) is 24.8 Å². The highest BCUT2D eigenvalue weighted by atomic mass is 16.3. The number of nitrogens with zero attached hydrogens (tertiary/aromatic N) is 1. The Labute approximate surface area is 114 Å². The largest absolute Gasteiger partial charge is 0.388 e. The second-order valence-electron chi connectivity index (χ2n) is 5.70. The molecule has 0 bridgehead atoms. The second kappa shape index (κ2) is 4.53. The van der Waals surface area contributed by atoms with Crippen LogP contribution in [0.3, 0.4) is 0 Å². The summed E-state index contributed by atoms with van der Waals surface area (Å²) in [5.74, 6) is 0. The molecule has 19 heavy (non-hydrogen) atoms. The number of fused-ring (bicyclic) bond motifs is 1. The molecule has 1 aliphatic carbocycles. The molecule has 1 N–H and O–H groups in total. The molecular weight excluding hydrogens is 234 g/mol. The lowest BCUT2D eigenvalue weighted by atomic mass is 9.95. The van der Waals surface area contributed by atoms with Crippen LogP contribution in [0.25, 0.3) is 5.69 Å². The first-order valence-corrected chi connectivity index (χ1v) is 7.04. The van der Waals surface area contributed by atoms with Crippen molar-refractivity contribution in [3.8, 4) is 5.69 Å². The quantitative estimate of drug-likeness (QED) is 0.824. The van der Waals surface area contributed by atoms with Gasteiger partial charge in [0.2, 0.25) is 0 Å². The maximum atomic E-state index is 10.1. The Morgan fingerprint density at radius 1 is 1.11 bits per heavy atom. The molecular formula is C17H21NO. The van der Waals surface area contributed by atoms with Crippen molar-refractivity contribution in [1.82, 2.24) is 4.57 Å². The molecule has 0 spiro atoms. The molecule has 1 aromatic carbocycles. The van der Waals surface area contributed by atoms with Gasteiger partial charge in [-0.25, -0.2) is 0 Å². The molecule has 0 fully saturated rings. The lowest BCUT2D eigenvalue weighted by Crippen LogP contribution is -2.11. The summed E-state index contributed by atoms with van der Waals surface area (Å²) in [4.78, 5) is 0. The summed E-state index contributed by atoms with van der Waals surface area (Å²) >= 11 is 0. The third-order valence-corrected chi connectivity index (χ3v) is 4.32. The average Bonchev–Trinajstić information content (AvgIpc) is 2.71. The zero-order valence-corrected chi connectivity index (χ0v) is 11.9. The zero-order chi connectivity index (χ0) is 13.6. The van der Waals surface area contributed by atoms with Crippen LogP contribution >= 0.6 is 0 Å². The maximum Gasteiger partial charge on any atom is 0.0807 e. The highest BCUT2D eigenvalue weighted by Crippen LogP contribution is 2.34. The SMILES string of the molecule is Cc1ccc(-n2c(C)cc3c2CCCC3O)cc1C. The van der Waals surface area contributed by atoms with Crippen molar-refractivity contribution in [3.63, 3.8) is 0 Å². The van der Waals surface area contributed by atoms with Crippen molar-refractivity contribution >= 4 is 0 Å². The number of aryl methyl sites for hydroxylation is 3. The molecule has 1 atom stereocenters. The van der Waals surface area contributed by atoms with Gasteiger partial charge in [-0.1, -0.05) is 6.07 Å². The Bertz CT molecular complexity index is 624. The Morgan fingerprint density at radius 2 is 1.89 bits per heavy atom. The molecule has 1 aromatic heterocycles. The van der Waals surface area contributed by atoms with E-state index >= 15 is 0 Å². The van der Waals surface area contributed by atoms with Crippen LogP contribution in [0.1, 0.15) is 47.0 Å². The van der Waals surface area contributed by atoms with Crippen LogP contribution in [0.2, 0.25) is 0 Å². The monoisotopic (exact) mass is 255 g/mol. The van der Waals surface area contributed by atoms with Crippen LogP contribution < -0.4 is 0 Å². The van der Waals surface area contributed by atoms with E-state index < -0.39 is 0 Å². The van der Waals surface area contributed by atoms with Crippen molar-refractivity contribution in [2.24, 2.45) is 0 Å². The number of aromatic nitrogens is 1. The molecule has 0 saturated carbocycles. The minimum atomic E-state index is -0.282. The molecule has 0 radical (unpaired) electrons. The number of aliphatic hydroxyl groups is 1. The molecule has 1 aliphatic rings. The Morgan fingerprint density at radius 3 is 2.63 bits per heavy atom. The predicted octanol–water partition coefficient (Wildman–Crippen LogP) is 3.77. The predicted molar refractivity (Wildman–Crippen MR) is 77.9 cm³/mol. The van der Waals surface area contributed by atoms with Crippen LogP contribution in [0.4, 0.5) is 0 Å². The molecule has 0 aliphatic heterocycles. The van der Waals surface area contributed by atoms with Crippen molar-refractivity contribution in [1.29, 1.82) is 0 Å². The van der Waals surface area contributed by atoms with Gasteiger partial charge in [-0.15, -0.1) is 0 Å². The van der Waals surface area contributed by atoms with Crippen LogP contribution in [0.15, 0.2) is 24.3 Å². The van der Waals surface area contributed by atoms with Gasteiger partial charge in [0.05, 0.1) is 6.10 Å². The van der Waals surface area contributed by atoms with Gasteiger partial charge in [0.15, 0.2) is 0 Å². The van der Waals surface area contributed by atoms with Gasteiger partial charge in [0.1, 0.15) is 0 Å². The summed E-state index contributed by atoms with van der Waals surface area (Å²) in [6, 6.07) is 8.74. The van der Waals surface area contributed by atoms with E-state index in [1.54, 1.807) is 0 Å². The fourth-order valence-electron chi connectivity index (χ4n) is 3.10. The summed E-state index contributed by atoms with van der Waals surface area (Å²) in [5.41, 5.74) is 7.49. The van der Waals surface area contributed by atoms with E-state index in [4.69, 9.17) is 0 Å². The third-order valence-electron chi connectivity index (χ3n) is 4.32. The molecule has 0 amide bonds. The molecule has 3 rings (SSSR count). The first kappa shape index (κ1) is 12.5. The number of hydrogen-bond donors (Lipinski definition) is 1. The summed E-state index contributed by atoms with van der Waals surface area (Å²) < 4.78 is 2.31. The Hall–Kier alpha value is -1.54. The third kappa shape index (κ3) is 2.00. The Kier molecular flexibility index (Phi) is 2.98. The molecule has 2 aromatic rings. The number of rotatable bonds is 1. The lowest BCUT2D eigenvalue weighted by Gasteiger charge is -2.21. The molecule has 2 nitrogen and oxygen atoms in total.